The molecule has 2 unspecified atom stereocenters. The van der Waals surface area contributed by atoms with Crippen molar-refractivity contribution in [3.63, 3.8) is 0 Å². The molecule has 0 radical (unpaired) electrons. The summed E-state index contributed by atoms with van der Waals surface area (Å²) < 4.78 is 48.2. The van der Waals surface area contributed by atoms with E-state index in [-0.39, 0.29) is 48.5 Å². The van der Waals surface area contributed by atoms with Gasteiger partial charge in [-0.15, -0.1) is 0 Å². The summed E-state index contributed by atoms with van der Waals surface area (Å²) in [6.45, 7) is 15.5. The lowest BCUT2D eigenvalue weighted by atomic mass is 9.42. The number of fused-ring (bicyclic) bond motifs is 5. The van der Waals surface area contributed by atoms with Crippen LogP contribution in [-0.4, -0.2) is 130 Å². The van der Waals surface area contributed by atoms with E-state index in [1.807, 2.05) is 13.0 Å². The molecule has 3 saturated heterocycles. The van der Waals surface area contributed by atoms with Gasteiger partial charge in [-0.05, 0) is 113 Å². The molecule has 0 aromatic heterocycles. The van der Waals surface area contributed by atoms with Crippen LogP contribution in [-0.2, 0) is 42.7 Å². The lowest BCUT2D eigenvalue weighted by Gasteiger charge is -2.65. The minimum absolute atomic E-state index is 0.0233. The number of aliphatic hydroxyl groups excluding tert-OH is 4. The van der Waals surface area contributed by atoms with Gasteiger partial charge < -0.3 is 63.4 Å². The molecule has 0 bridgehead atoms. The Morgan fingerprint density at radius 2 is 1.40 bits per heavy atom. The molecule has 7 fully saturated rings. The third-order valence-corrected chi connectivity index (χ3v) is 16.3. The van der Waals surface area contributed by atoms with E-state index in [0.717, 1.165) is 44.1 Å². The lowest BCUT2D eigenvalue weighted by molar-refractivity contribution is -0.336. The number of ether oxygens (including phenoxy) is 8. The van der Waals surface area contributed by atoms with E-state index in [1.54, 1.807) is 13.8 Å². The first-order valence-corrected chi connectivity index (χ1v) is 22.0. The summed E-state index contributed by atoms with van der Waals surface area (Å²) in [4.78, 5) is 11.6. The first-order chi connectivity index (χ1) is 27.4. The van der Waals surface area contributed by atoms with E-state index in [4.69, 9.17) is 37.9 Å². The molecular formula is C44H68O14. The van der Waals surface area contributed by atoms with Crippen LogP contribution in [0.15, 0.2) is 24.0 Å². The highest BCUT2D eigenvalue weighted by Crippen LogP contribution is 2.70. The van der Waals surface area contributed by atoms with Crippen LogP contribution in [0.4, 0.5) is 0 Å². The molecule has 4 aliphatic heterocycles. The van der Waals surface area contributed by atoms with Crippen LogP contribution < -0.4 is 0 Å². The van der Waals surface area contributed by atoms with Crippen LogP contribution in [0.5, 0.6) is 0 Å². The highest BCUT2D eigenvalue weighted by molar-refractivity contribution is 5.66. The topological polar surface area (TPSA) is 192 Å². The van der Waals surface area contributed by atoms with Crippen molar-refractivity contribution in [1.82, 2.24) is 0 Å². The third kappa shape index (κ3) is 7.52. The Morgan fingerprint density at radius 1 is 0.776 bits per heavy atom. The lowest BCUT2D eigenvalue weighted by Crippen LogP contribution is -2.67. The van der Waals surface area contributed by atoms with Crippen molar-refractivity contribution >= 4 is 5.97 Å². The molecule has 14 nitrogen and oxygen atoms in total. The van der Waals surface area contributed by atoms with Crippen molar-refractivity contribution in [2.45, 2.75) is 204 Å². The van der Waals surface area contributed by atoms with E-state index in [9.17, 15) is 30.3 Å². The Hall–Kier alpha value is -1.69. The van der Waals surface area contributed by atoms with Gasteiger partial charge in [-0.3, -0.25) is 4.79 Å². The maximum absolute atomic E-state index is 12.6. The van der Waals surface area contributed by atoms with Gasteiger partial charge in [0.15, 0.2) is 18.9 Å². The zero-order valence-corrected chi connectivity index (χ0v) is 35.1. The molecule has 58 heavy (non-hydrogen) atoms. The van der Waals surface area contributed by atoms with Crippen molar-refractivity contribution in [2.24, 2.45) is 34.5 Å². The van der Waals surface area contributed by atoms with Gasteiger partial charge in [0.1, 0.15) is 36.8 Å². The summed E-state index contributed by atoms with van der Waals surface area (Å²) in [5.41, 5.74) is -0.435. The maximum atomic E-state index is 12.6. The second kappa shape index (κ2) is 16.2. The number of hydrogen-bond acceptors (Lipinski definition) is 14. The van der Waals surface area contributed by atoms with Gasteiger partial charge >= 0.3 is 5.97 Å². The SMILES string of the molecule is C=C1C=C([C@H]2CC[C@]3(O)C4CC[C@@H]5C[C@@H](O[C@H]6C[C@H](O)[C@H](O[C@H]7C[C@H](O)[C@H](O[C@H]8C[C@H](OC(C)=O)[C@H](O)[C@@H](C)O8)[C@@H](C)O7)[C@@H](C)O6)CC[C@]5(C)C4C[C@@H](O)[C@]23C)CO1. The maximum Gasteiger partial charge on any atom is 0.302 e. The first-order valence-electron chi connectivity index (χ1n) is 22.0. The number of allylic oxidation sites excluding steroid dienone is 1. The van der Waals surface area contributed by atoms with E-state index >= 15 is 0 Å². The summed E-state index contributed by atoms with van der Waals surface area (Å²) in [5, 5.41) is 57.5. The Labute approximate surface area is 342 Å². The van der Waals surface area contributed by atoms with Crippen LogP contribution in [0, 0.1) is 34.5 Å². The van der Waals surface area contributed by atoms with Gasteiger partial charge in [-0.1, -0.05) is 20.4 Å². The number of esters is 1. The number of carbonyl (C=O) groups excluding carboxylic acids is 1. The van der Waals surface area contributed by atoms with Gasteiger partial charge in [0.05, 0.1) is 48.3 Å². The number of rotatable bonds is 8. The normalized spacial score (nSPS) is 53.2. The smallest absolute Gasteiger partial charge is 0.302 e. The largest absolute Gasteiger partial charge is 0.490 e. The molecule has 328 valence electrons. The zero-order valence-electron chi connectivity index (χ0n) is 35.1. The molecule has 14 heteroatoms. The highest BCUT2D eigenvalue weighted by Gasteiger charge is 2.71. The molecule has 0 amide bonds. The van der Waals surface area contributed by atoms with E-state index in [1.165, 1.54) is 6.92 Å². The van der Waals surface area contributed by atoms with Crippen molar-refractivity contribution in [3.05, 3.63) is 24.0 Å². The average molecular weight is 821 g/mol. The second-order valence-corrected chi connectivity index (χ2v) is 19.5. The fourth-order valence-corrected chi connectivity index (χ4v) is 13.2. The second-order valence-electron chi connectivity index (χ2n) is 19.5. The van der Waals surface area contributed by atoms with Crippen molar-refractivity contribution < 1.29 is 68.2 Å². The monoisotopic (exact) mass is 820 g/mol. The van der Waals surface area contributed by atoms with Crippen molar-refractivity contribution in [2.75, 3.05) is 6.61 Å². The van der Waals surface area contributed by atoms with E-state index < -0.39 is 96.9 Å². The Morgan fingerprint density at radius 3 is 2.00 bits per heavy atom. The van der Waals surface area contributed by atoms with E-state index in [0.29, 0.717) is 31.1 Å². The van der Waals surface area contributed by atoms with Gasteiger partial charge in [-0.25, -0.2) is 0 Å². The summed E-state index contributed by atoms with van der Waals surface area (Å²) in [6.07, 6.45) is -0.529. The van der Waals surface area contributed by atoms with Crippen LogP contribution in [0.2, 0.25) is 0 Å². The molecule has 4 aliphatic carbocycles. The van der Waals surface area contributed by atoms with Crippen LogP contribution in [0.25, 0.3) is 0 Å². The summed E-state index contributed by atoms with van der Waals surface area (Å²) in [5.74, 6) is 0.964. The Kier molecular flexibility index (Phi) is 12.0. The molecule has 4 saturated carbocycles. The average Bonchev–Trinajstić information content (AvgIpc) is 3.70. The van der Waals surface area contributed by atoms with Gasteiger partial charge in [0, 0.05) is 31.6 Å². The molecular weight excluding hydrogens is 752 g/mol. The fraction of sp³-hybridized carbons (Fsp3) is 0.886. The standard InChI is InChI=1S/C44H68O14/c1-21-14-26(20-51-21)29-11-13-44(50)30-9-8-27-15-28(10-12-42(27,6)31(30)16-35(48)43(29,44)7)56-36-17-32(46)40(23(3)53-36)57-37-18-33(47)41(24(4)54-37)58-38-19-34(55-25(5)45)39(49)22(2)52-38/h14,22-24,27-41,46-50H,1,8-13,15-20H2,2-7H3/t22-,23-,24-,27-,28+,29-,30?,31?,32+,33+,34+,35-,36+,37+,38+,39-,40-,41-,42+,43+,44+/m1/s1. The molecule has 21 atom stereocenters. The zero-order chi connectivity index (χ0) is 41.5. The molecule has 0 aromatic carbocycles. The van der Waals surface area contributed by atoms with Crippen LogP contribution in [0.1, 0.15) is 112 Å². The summed E-state index contributed by atoms with van der Waals surface area (Å²) >= 11 is 0. The quantitative estimate of drug-likeness (QED) is 0.176. The number of hydrogen-bond donors (Lipinski definition) is 5. The minimum Gasteiger partial charge on any atom is -0.490 e. The van der Waals surface area contributed by atoms with Gasteiger partial charge in [0.2, 0.25) is 0 Å². The van der Waals surface area contributed by atoms with E-state index in [2.05, 4.69) is 20.4 Å². The predicted molar refractivity (Wildman–Crippen MR) is 206 cm³/mol. The summed E-state index contributed by atoms with van der Waals surface area (Å²) in [7, 11) is 0. The molecule has 4 heterocycles. The highest BCUT2D eigenvalue weighted by atomic mass is 16.7. The minimum atomic E-state index is -0.995. The van der Waals surface area contributed by atoms with Gasteiger partial charge in [0.25, 0.3) is 0 Å². The first kappa shape index (κ1) is 43.0. The molecule has 0 spiro atoms. The van der Waals surface area contributed by atoms with Gasteiger partial charge in [-0.2, -0.15) is 0 Å². The fourth-order valence-electron chi connectivity index (χ4n) is 13.2. The Bertz CT molecular complexity index is 1530. The third-order valence-electron chi connectivity index (χ3n) is 16.3. The molecule has 8 aliphatic rings. The number of carbonyl (C=O) groups is 1. The summed E-state index contributed by atoms with van der Waals surface area (Å²) in [6, 6.07) is 0. The molecule has 5 N–H and O–H groups in total. The van der Waals surface area contributed by atoms with Crippen molar-refractivity contribution in [1.29, 1.82) is 0 Å². The van der Waals surface area contributed by atoms with Crippen molar-refractivity contribution in [3.8, 4) is 0 Å². The Balaban J connectivity index is 0.829. The predicted octanol–water partition coefficient (Wildman–Crippen LogP) is 3.78. The van der Waals surface area contributed by atoms with Crippen LogP contribution in [0.3, 0.4) is 0 Å². The molecule has 8 rings (SSSR count). The molecule has 0 aromatic rings. The number of aliphatic hydroxyl groups is 5. The van der Waals surface area contributed by atoms with Crippen LogP contribution >= 0.6 is 0 Å².